The molecule has 0 spiro atoms. The molecule has 1 aromatic carbocycles. The Balaban J connectivity index is 1.42. The van der Waals surface area contributed by atoms with E-state index in [0.29, 0.717) is 16.9 Å². The number of rotatable bonds is 9. The van der Waals surface area contributed by atoms with Gasteiger partial charge < -0.3 is 26.4 Å². The number of hydrogen-bond acceptors (Lipinski definition) is 10. The largest absolute Gasteiger partial charge is 0.508 e. The third-order valence-electron chi connectivity index (χ3n) is 5.29. The predicted octanol–water partition coefficient (Wildman–Crippen LogP) is -0.332. The third kappa shape index (κ3) is 5.11. The summed E-state index contributed by atoms with van der Waals surface area (Å²) in [5, 5.41) is 36.7. The SMILES string of the molecule is NC(C(=O)NC1C(=O)N2C(C(=O)O)=C(CSc3n[nH]c(CC(=O)O)n3)CS[C@@H]12)c1ccc(O)cc1. The number of aromatic amines is 1. The first-order valence-corrected chi connectivity index (χ1v) is 12.2. The summed E-state index contributed by atoms with van der Waals surface area (Å²) in [4.78, 5) is 53.4. The summed E-state index contributed by atoms with van der Waals surface area (Å²) < 4.78 is 0. The zero-order chi connectivity index (χ0) is 25.3. The zero-order valence-electron chi connectivity index (χ0n) is 17.9. The van der Waals surface area contributed by atoms with Crippen molar-refractivity contribution in [1.82, 2.24) is 25.4 Å². The van der Waals surface area contributed by atoms with Crippen LogP contribution in [-0.4, -0.2) is 82.1 Å². The number of aromatic hydroxyl groups is 1. The molecule has 1 fully saturated rings. The summed E-state index contributed by atoms with van der Waals surface area (Å²) in [5.74, 6) is -2.82. The fourth-order valence-electron chi connectivity index (χ4n) is 3.59. The van der Waals surface area contributed by atoms with Gasteiger partial charge >= 0.3 is 11.9 Å². The van der Waals surface area contributed by atoms with Crippen LogP contribution in [0, 0.1) is 0 Å². The minimum absolute atomic E-state index is 0.0236. The number of amides is 2. The highest BCUT2D eigenvalue weighted by Gasteiger charge is 2.54. The molecule has 15 heteroatoms. The average Bonchev–Trinajstić information content (AvgIpc) is 3.26. The van der Waals surface area contributed by atoms with Crippen molar-refractivity contribution in [2.24, 2.45) is 5.73 Å². The van der Waals surface area contributed by atoms with E-state index in [9.17, 15) is 29.4 Å². The number of carboxylic acid groups (broad SMARTS) is 2. The number of nitrogens with two attached hydrogens (primary N) is 1. The van der Waals surface area contributed by atoms with Crippen molar-refractivity contribution in [2.75, 3.05) is 11.5 Å². The summed E-state index contributed by atoms with van der Waals surface area (Å²) >= 11 is 2.43. The number of aromatic nitrogens is 3. The first-order valence-electron chi connectivity index (χ1n) is 10.2. The lowest BCUT2D eigenvalue weighted by Crippen LogP contribution is -2.71. The summed E-state index contributed by atoms with van der Waals surface area (Å²) in [7, 11) is 0. The van der Waals surface area contributed by atoms with E-state index in [0.717, 1.165) is 16.7 Å². The summed E-state index contributed by atoms with van der Waals surface area (Å²) in [6.45, 7) is 0. The van der Waals surface area contributed by atoms with Crippen molar-refractivity contribution in [3.63, 3.8) is 0 Å². The maximum absolute atomic E-state index is 12.8. The highest BCUT2D eigenvalue weighted by atomic mass is 32.2. The molecule has 35 heavy (non-hydrogen) atoms. The number of carbonyl (C=O) groups excluding carboxylic acids is 2. The predicted molar refractivity (Wildman–Crippen MR) is 123 cm³/mol. The van der Waals surface area contributed by atoms with Gasteiger partial charge in [0, 0.05) is 11.5 Å². The van der Waals surface area contributed by atoms with Crippen LogP contribution in [0.3, 0.4) is 0 Å². The number of H-pyrrole nitrogens is 1. The number of nitrogens with zero attached hydrogens (tertiary/aromatic N) is 3. The molecule has 2 aliphatic heterocycles. The molecule has 0 radical (unpaired) electrons. The summed E-state index contributed by atoms with van der Waals surface area (Å²) in [5.41, 5.74) is 6.75. The number of hydrogen-bond donors (Lipinski definition) is 6. The van der Waals surface area contributed by atoms with Crippen molar-refractivity contribution in [3.8, 4) is 5.75 Å². The van der Waals surface area contributed by atoms with E-state index >= 15 is 0 Å². The van der Waals surface area contributed by atoms with Gasteiger partial charge in [0.15, 0.2) is 0 Å². The first kappa shape index (κ1) is 24.6. The zero-order valence-corrected chi connectivity index (χ0v) is 19.5. The highest BCUT2D eigenvalue weighted by molar-refractivity contribution is 8.01. The van der Waals surface area contributed by atoms with Gasteiger partial charge in [-0.3, -0.25) is 24.4 Å². The maximum Gasteiger partial charge on any atom is 0.352 e. The molecule has 7 N–H and O–H groups in total. The van der Waals surface area contributed by atoms with Gasteiger partial charge in [-0.25, -0.2) is 9.78 Å². The maximum atomic E-state index is 12.8. The van der Waals surface area contributed by atoms with E-state index < -0.39 is 41.2 Å². The Labute approximate surface area is 206 Å². The molecule has 4 rings (SSSR count). The number of nitrogens with one attached hydrogen (secondary N) is 2. The standard InChI is InChI=1S/C20H20N6O7S2/c21-13(8-1-3-10(27)4-2-8)16(30)23-14-17(31)26-15(19(32)33)9(6-34-18(14)26)7-35-20-22-11(24-25-20)5-12(28)29/h1-4,13-14,18,27H,5-7,21H2,(H,23,30)(H,28,29)(H,32,33)(H,22,24,25)/t13?,14?,18-/m0/s1. The van der Waals surface area contributed by atoms with Gasteiger partial charge in [-0.2, -0.15) is 0 Å². The number of aliphatic carboxylic acids is 2. The topological polar surface area (TPSA) is 212 Å². The number of β-lactam (4-membered cyclic amide) rings is 1. The quantitative estimate of drug-likeness (QED) is 0.185. The van der Waals surface area contributed by atoms with E-state index in [1.165, 1.54) is 36.0 Å². The van der Waals surface area contributed by atoms with Crippen molar-refractivity contribution in [3.05, 3.63) is 46.9 Å². The fraction of sp³-hybridized carbons (Fsp3) is 0.300. The van der Waals surface area contributed by atoms with E-state index in [1.54, 1.807) is 0 Å². The molecule has 3 heterocycles. The lowest BCUT2D eigenvalue weighted by molar-refractivity contribution is -0.150. The Morgan fingerprint density at radius 1 is 1.29 bits per heavy atom. The number of carboxylic acids is 2. The number of phenolic OH excluding ortho intramolecular Hbond substituents is 1. The van der Waals surface area contributed by atoms with Gasteiger partial charge in [0.1, 0.15) is 41.1 Å². The molecule has 2 amide bonds. The lowest BCUT2D eigenvalue weighted by Gasteiger charge is -2.49. The molecule has 2 aliphatic rings. The van der Waals surface area contributed by atoms with E-state index in [-0.39, 0.29) is 34.6 Å². The Hall–Kier alpha value is -3.56. The van der Waals surface area contributed by atoms with Gasteiger partial charge in [-0.05, 0) is 23.3 Å². The second-order valence-corrected chi connectivity index (χ2v) is 9.69. The van der Waals surface area contributed by atoms with E-state index in [4.69, 9.17) is 10.8 Å². The van der Waals surface area contributed by atoms with Crippen molar-refractivity contribution in [1.29, 1.82) is 0 Å². The van der Waals surface area contributed by atoms with E-state index in [1.807, 2.05) is 0 Å². The summed E-state index contributed by atoms with van der Waals surface area (Å²) in [6.07, 6.45) is -0.319. The van der Waals surface area contributed by atoms with Crippen LogP contribution in [0.4, 0.5) is 0 Å². The molecular formula is C20H20N6O7S2. The monoisotopic (exact) mass is 520 g/mol. The Morgan fingerprint density at radius 2 is 2.00 bits per heavy atom. The second-order valence-electron chi connectivity index (χ2n) is 7.65. The molecule has 1 saturated heterocycles. The smallest absolute Gasteiger partial charge is 0.352 e. The molecule has 0 aliphatic carbocycles. The van der Waals surface area contributed by atoms with Gasteiger partial charge in [-0.15, -0.1) is 16.9 Å². The molecule has 13 nitrogen and oxygen atoms in total. The van der Waals surface area contributed by atoms with Crippen LogP contribution in [0.25, 0.3) is 0 Å². The number of carbonyl (C=O) groups is 4. The van der Waals surface area contributed by atoms with Gasteiger partial charge in [0.05, 0.1) is 0 Å². The molecule has 2 aromatic rings. The minimum Gasteiger partial charge on any atom is -0.508 e. The van der Waals surface area contributed by atoms with Crippen LogP contribution >= 0.6 is 23.5 Å². The van der Waals surface area contributed by atoms with Crippen LogP contribution in [0.5, 0.6) is 5.75 Å². The molecule has 2 unspecified atom stereocenters. The molecule has 1 aromatic heterocycles. The Kier molecular flexibility index (Phi) is 7.00. The normalized spacial score (nSPS) is 20.1. The molecule has 184 valence electrons. The molecule has 3 atom stereocenters. The van der Waals surface area contributed by atoms with Gasteiger partial charge in [0.25, 0.3) is 5.91 Å². The highest BCUT2D eigenvalue weighted by Crippen LogP contribution is 2.41. The molecule has 0 bridgehead atoms. The van der Waals surface area contributed by atoms with Crippen LogP contribution in [-0.2, 0) is 25.6 Å². The number of phenols is 1. The third-order valence-corrected chi connectivity index (χ3v) is 7.56. The molecule has 0 saturated carbocycles. The van der Waals surface area contributed by atoms with Gasteiger partial charge in [-0.1, -0.05) is 23.9 Å². The van der Waals surface area contributed by atoms with Crippen molar-refractivity contribution in [2.45, 2.75) is 29.0 Å². The van der Waals surface area contributed by atoms with Crippen LogP contribution in [0.1, 0.15) is 17.4 Å². The van der Waals surface area contributed by atoms with E-state index in [2.05, 4.69) is 20.5 Å². The van der Waals surface area contributed by atoms with Crippen LogP contribution < -0.4 is 11.1 Å². The molecular weight excluding hydrogens is 500 g/mol. The number of fused-ring (bicyclic) bond motifs is 1. The Bertz CT molecular complexity index is 1210. The van der Waals surface area contributed by atoms with Gasteiger partial charge in [0.2, 0.25) is 11.1 Å². The second kappa shape index (κ2) is 9.97. The van der Waals surface area contributed by atoms with Crippen LogP contribution in [0.2, 0.25) is 0 Å². The Morgan fingerprint density at radius 3 is 2.66 bits per heavy atom. The van der Waals surface area contributed by atoms with Crippen molar-refractivity contribution < 1.29 is 34.5 Å². The van der Waals surface area contributed by atoms with Crippen molar-refractivity contribution >= 4 is 47.3 Å². The minimum atomic E-state index is -1.27. The summed E-state index contributed by atoms with van der Waals surface area (Å²) in [6, 6.07) is 3.79. The average molecular weight is 521 g/mol. The van der Waals surface area contributed by atoms with Crippen LogP contribution in [0.15, 0.2) is 40.7 Å². The first-order chi connectivity index (χ1) is 16.7. The lowest BCUT2D eigenvalue weighted by atomic mass is 10.0. The number of thioether (sulfide) groups is 2. The fourth-order valence-corrected chi connectivity index (χ4v) is 5.89. The number of benzene rings is 1.